The van der Waals surface area contributed by atoms with E-state index >= 15 is 0 Å². The summed E-state index contributed by atoms with van der Waals surface area (Å²) >= 11 is 5.91. The number of nitrogens with two attached hydrogens (primary N) is 1. The van der Waals surface area contributed by atoms with Gasteiger partial charge in [0.25, 0.3) is 0 Å². The maximum absolute atomic E-state index is 10.8. The van der Waals surface area contributed by atoms with Gasteiger partial charge in [-0.3, -0.25) is 5.84 Å². The van der Waals surface area contributed by atoms with Gasteiger partial charge in [-0.2, -0.15) is 0 Å². The SMILES string of the molecule is CC1OC(c2cccc(C(=O)O)n2)N(Cl)N1N. The van der Waals surface area contributed by atoms with Crippen LogP contribution in [-0.2, 0) is 4.74 Å². The lowest BCUT2D eigenvalue weighted by atomic mass is 10.3. The number of aromatic carboxylic acids is 1. The number of nitrogens with zero attached hydrogens (tertiary/aromatic N) is 3. The van der Waals surface area contributed by atoms with E-state index in [9.17, 15) is 4.79 Å². The van der Waals surface area contributed by atoms with Crippen LogP contribution < -0.4 is 5.84 Å². The summed E-state index contributed by atoms with van der Waals surface area (Å²) in [4.78, 5) is 14.7. The van der Waals surface area contributed by atoms with Crippen LogP contribution in [0, 0.1) is 0 Å². The van der Waals surface area contributed by atoms with Crippen molar-refractivity contribution in [3.8, 4) is 0 Å². The first-order chi connectivity index (χ1) is 8.00. The molecule has 1 aliphatic heterocycles. The molecule has 0 bridgehead atoms. The van der Waals surface area contributed by atoms with E-state index in [0.717, 1.165) is 4.53 Å². The fraction of sp³-hybridized carbons (Fsp3) is 0.333. The quantitative estimate of drug-likeness (QED) is 0.596. The number of hydrogen-bond acceptors (Lipinski definition) is 6. The lowest BCUT2D eigenvalue weighted by Gasteiger charge is -2.18. The number of carboxylic acid groups (broad SMARTS) is 1. The second-order valence-electron chi connectivity index (χ2n) is 3.51. The Morgan fingerprint density at radius 1 is 1.65 bits per heavy atom. The fourth-order valence-corrected chi connectivity index (χ4v) is 1.73. The molecule has 1 aromatic heterocycles. The monoisotopic (exact) mass is 258 g/mol. The highest BCUT2D eigenvalue weighted by Crippen LogP contribution is 2.32. The summed E-state index contributed by atoms with van der Waals surface area (Å²) < 4.78 is 6.58. The van der Waals surface area contributed by atoms with Gasteiger partial charge in [0.15, 0.2) is 6.23 Å². The molecule has 0 aromatic carbocycles. The molecule has 8 heteroatoms. The zero-order valence-corrected chi connectivity index (χ0v) is 9.70. The number of carboxylic acids is 1. The van der Waals surface area contributed by atoms with Crippen LogP contribution in [0.15, 0.2) is 18.2 Å². The smallest absolute Gasteiger partial charge is 0.354 e. The Labute approximate surface area is 102 Å². The summed E-state index contributed by atoms with van der Waals surface area (Å²) in [5.41, 5.74) is 0.319. The van der Waals surface area contributed by atoms with Crippen molar-refractivity contribution in [2.45, 2.75) is 19.4 Å². The molecule has 1 aromatic rings. The second kappa shape index (κ2) is 4.55. The Bertz CT molecular complexity index is 444. The Morgan fingerprint density at radius 3 is 2.88 bits per heavy atom. The van der Waals surface area contributed by atoms with Crippen molar-refractivity contribution in [1.29, 1.82) is 0 Å². The minimum Gasteiger partial charge on any atom is -0.477 e. The van der Waals surface area contributed by atoms with Gasteiger partial charge in [0, 0.05) is 0 Å². The molecule has 0 saturated carbocycles. The standard InChI is InChI=1S/C9H11ClN4O3/c1-5-14(11)13(10)8(17-5)6-3-2-4-7(12-6)9(15)16/h2-5,8H,11H2,1H3,(H,15,16). The molecule has 2 unspecified atom stereocenters. The van der Waals surface area contributed by atoms with Gasteiger partial charge in [-0.15, -0.1) is 9.65 Å². The van der Waals surface area contributed by atoms with Crippen LogP contribution in [0.1, 0.15) is 29.3 Å². The summed E-state index contributed by atoms with van der Waals surface area (Å²) in [5.74, 6) is 4.50. The lowest BCUT2D eigenvalue weighted by molar-refractivity contribution is 0.0114. The largest absolute Gasteiger partial charge is 0.477 e. The van der Waals surface area contributed by atoms with E-state index in [0.29, 0.717) is 5.69 Å². The predicted octanol–water partition coefficient (Wildman–Crippen LogP) is 0.701. The molecule has 92 valence electrons. The van der Waals surface area contributed by atoms with Crippen LogP contribution in [0.5, 0.6) is 0 Å². The highest BCUT2D eigenvalue weighted by Gasteiger charge is 2.37. The van der Waals surface area contributed by atoms with Crippen LogP contribution in [0.3, 0.4) is 0 Å². The molecule has 7 nitrogen and oxygen atoms in total. The van der Waals surface area contributed by atoms with Gasteiger partial charge in [-0.25, -0.2) is 9.78 Å². The van der Waals surface area contributed by atoms with Crippen molar-refractivity contribution < 1.29 is 14.6 Å². The second-order valence-corrected chi connectivity index (χ2v) is 3.86. The van der Waals surface area contributed by atoms with Crippen molar-refractivity contribution in [2.75, 3.05) is 0 Å². The molecule has 3 N–H and O–H groups in total. The van der Waals surface area contributed by atoms with Gasteiger partial charge in [-0.1, -0.05) is 6.07 Å². The zero-order valence-electron chi connectivity index (χ0n) is 8.95. The highest BCUT2D eigenvalue weighted by molar-refractivity contribution is 6.13. The number of carbonyl (C=O) groups is 1. The number of hydrogen-bond donors (Lipinski definition) is 2. The summed E-state index contributed by atoms with van der Waals surface area (Å²) in [6.45, 7) is 1.72. The zero-order chi connectivity index (χ0) is 12.6. The van der Waals surface area contributed by atoms with Gasteiger partial charge >= 0.3 is 5.97 Å². The number of ether oxygens (including phenoxy) is 1. The summed E-state index contributed by atoms with van der Waals surface area (Å²) in [5, 5.41) is 10.0. The molecule has 0 aliphatic carbocycles. The third-order valence-corrected chi connectivity index (χ3v) is 2.71. The van der Waals surface area contributed by atoms with Crippen LogP contribution in [-0.4, -0.2) is 31.9 Å². The van der Waals surface area contributed by atoms with Crippen molar-refractivity contribution in [3.05, 3.63) is 29.6 Å². The van der Waals surface area contributed by atoms with Gasteiger partial charge in [0.05, 0.1) is 5.69 Å². The van der Waals surface area contributed by atoms with Crippen molar-refractivity contribution in [2.24, 2.45) is 5.84 Å². The normalized spacial score (nSPS) is 26.3. The van der Waals surface area contributed by atoms with Gasteiger partial charge < -0.3 is 9.84 Å². The average molecular weight is 259 g/mol. The first-order valence-corrected chi connectivity index (χ1v) is 5.19. The van der Waals surface area contributed by atoms with E-state index < -0.39 is 18.4 Å². The maximum atomic E-state index is 10.8. The number of rotatable bonds is 2. The first-order valence-electron chi connectivity index (χ1n) is 4.85. The predicted molar refractivity (Wildman–Crippen MR) is 58.2 cm³/mol. The molecule has 1 saturated heterocycles. The van der Waals surface area contributed by atoms with Crippen molar-refractivity contribution >= 4 is 17.7 Å². The van der Waals surface area contributed by atoms with Crippen molar-refractivity contribution in [1.82, 2.24) is 14.6 Å². The Kier molecular flexibility index (Phi) is 3.27. The lowest BCUT2D eigenvalue weighted by Crippen LogP contribution is -2.41. The maximum Gasteiger partial charge on any atom is 0.354 e. The Hall–Kier alpha value is -1.25. The Balaban J connectivity index is 2.29. The fourth-order valence-electron chi connectivity index (χ4n) is 1.46. The molecule has 0 radical (unpaired) electrons. The average Bonchev–Trinajstić information content (AvgIpc) is 2.57. The molecule has 17 heavy (non-hydrogen) atoms. The summed E-state index contributed by atoms with van der Waals surface area (Å²) in [6.07, 6.45) is -1.11. The van der Waals surface area contributed by atoms with E-state index in [1.54, 1.807) is 19.1 Å². The molecule has 2 rings (SSSR count). The van der Waals surface area contributed by atoms with E-state index in [-0.39, 0.29) is 5.69 Å². The number of halogens is 1. The van der Waals surface area contributed by atoms with Crippen LogP contribution in [0.4, 0.5) is 0 Å². The molecule has 1 aliphatic rings. The molecule has 0 spiro atoms. The summed E-state index contributed by atoms with van der Waals surface area (Å²) in [6, 6.07) is 4.59. The van der Waals surface area contributed by atoms with Gasteiger partial charge in [0.1, 0.15) is 11.9 Å². The van der Waals surface area contributed by atoms with E-state index in [1.807, 2.05) is 0 Å². The highest BCUT2D eigenvalue weighted by atomic mass is 35.5. The topological polar surface area (TPSA) is 91.9 Å². The first kappa shape index (κ1) is 12.2. The number of pyridine rings is 1. The third-order valence-electron chi connectivity index (χ3n) is 2.36. The van der Waals surface area contributed by atoms with E-state index in [4.69, 9.17) is 27.5 Å². The summed E-state index contributed by atoms with van der Waals surface area (Å²) in [7, 11) is 0. The minimum atomic E-state index is -1.11. The van der Waals surface area contributed by atoms with Gasteiger partial charge in [-0.05, 0) is 30.8 Å². The molecule has 1 fully saturated rings. The molecule has 0 amide bonds. The van der Waals surface area contributed by atoms with Crippen LogP contribution in [0.25, 0.3) is 0 Å². The number of aromatic nitrogens is 1. The van der Waals surface area contributed by atoms with Crippen LogP contribution in [0.2, 0.25) is 0 Å². The van der Waals surface area contributed by atoms with Crippen molar-refractivity contribution in [3.63, 3.8) is 0 Å². The van der Waals surface area contributed by atoms with Gasteiger partial charge in [0.2, 0.25) is 0 Å². The van der Waals surface area contributed by atoms with E-state index in [1.165, 1.54) is 11.2 Å². The molecule has 2 atom stereocenters. The molecular formula is C9H11ClN4O3. The molecular weight excluding hydrogens is 248 g/mol. The molecule has 2 heterocycles. The Morgan fingerprint density at radius 2 is 2.35 bits per heavy atom. The minimum absolute atomic E-state index is 0.0701. The third kappa shape index (κ3) is 2.24. The number of hydrazine groups is 2. The van der Waals surface area contributed by atoms with E-state index in [2.05, 4.69) is 4.98 Å². The van der Waals surface area contributed by atoms with Crippen LogP contribution >= 0.6 is 11.8 Å².